The molecule has 0 aliphatic carbocycles. The first-order chi connectivity index (χ1) is 14.1. The Kier molecular flexibility index (Phi) is 7.06. The highest BCUT2D eigenvalue weighted by Crippen LogP contribution is 2.20. The normalized spacial score (nSPS) is 14.8. The van der Waals surface area contributed by atoms with Crippen molar-refractivity contribution in [3.63, 3.8) is 0 Å². The number of likely N-dealkylation sites (tertiary alicyclic amines) is 1. The van der Waals surface area contributed by atoms with Crippen molar-refractivity contribution in [2.75, 3.05) is 26.7 Å². The van der Waals surface area contributed by atoms with E-state index in [9.17, 15) is 9.59 Å². The molecule has 0 unspecified atom stereocenters. The van der Waals surface area contributed by atoms with Gasteiger partial charge in [-0.25, -0.2) is 0 Å². The van der Waals surface area contributed by atoms with Crippen LogP contribution in [-0.2, 0) is 4.79 Å². The van der Waals surface area contributed by atoms with Crippen LogP contribution in [0.5, 0.6) is 5.75 Å². The Balaban J connectivity index is 1.44. The summed E-state index contributed by atoms with van der Waals surface area (Å²) < 4.78 is 5.29. The van der Waals surface area contributed by atoms with Crippen molar-refractivity contribution in [2.24, 2.45) is 5.92 Å². The van der Waals surface area contributed by atoms with E-state index in [1.54, 1.807) is 19.3 Å². The number of nitrogens with zero attached hydrogens (tertiary/aromatic N) is 1. The van der Waals surface area contributed by atoms with E-state index in [0.717, 1.165) is 37.1 Å². The molecule has 1 aliphatic rings. The molecular weight excluding hydrogens is 364 g/mol. The summed E-state index contributed by atoms with van der Waals surface area (Å²) in [5.41, 5.74) is 2.62. The SMILES string of the molecule is COc1cc(C(=O)NCC2CCN(C(=O)C=Cc3ccccc3)CC2)ccc1C. The Hall–Kier alpha value is -3.08. The fourth-order valence-electron chi connectivity index (χ4n) is 3.49. The van der Waals surface area contributed by atoms with Crippen molar-refractivity contribution >= 4 is 17.9 Å². The predicted octanol–water partition coefficient (Wildman–Crippen LogP) is 3.69. The minimum Gasteiger partial charge on any atom is -0.496 e. The van der Waals surface area contributed by atoms with Crippen molar-refractivity contribution in [3.8, 4) is 5.75 Å². The molecule has 2 aromatic carbocycles. The van der Waals surface area contributed by atoms with Gasteiger partial charge in [-0.2, -0.15) is 0 Å². The molecule has 2 aromatic rings. The summed E-state index contributed by atoms with van der Waals surface area (Å²) in [4.78, 5) is 26.7. The molecule has 0 aromatic heterocycles. The Morgan fingerprint density at radius 3 is 2.55 bits per heavy atom. The van der Waals surface area contributed by atoms with Crippen LogP contribution >= 0.6 is 0 Å². The van der Waals surface area contributed by atoms with Gasteiger partial charge in [-0.15, -0.1) is 0 Å². The van der Waals surface area contributed by atoms with Crippen LogP contribution in [0.25, 0.3) is 6.08 Å². The number of rotatable bonds is 6. The van der Waals surface area contributed by atoms with E-state index in [4.69, 9.17) is 4.74 Å². The lowest BCUT2D eigenvalue weighted by Gasteiger charge is -2.31. The second-order valence-corrected chi connectivity index (χ2v) is 7.41. The minimum atomic E-state index is -0.0902. The number of hydrogen-bond acceptors (Lipinski definition) is 3. The lowest BCUT2D eigenvalue weighted by molar-refractivity contribution is -0.127. The van der Waals surface area contributed by atoms with Gasteiger partial charge in [-0.05, 0) is 55.0 Å². The van der Waals surface area contributed by atoms with E-state index in [1.165, 1.54) is 0 Å². The quantitative estimate of drug-likeness (QED) is 0.763. The third-order valence-corrected chi connectivity index (χ3v) is 5.37. The smallest absolute Gasteiger partial charge is 0.251 e. The van der Waals surface area contributed by atoms with Crippen LogP contribution in [0.15, 0.2) is 54.6 Å². The maximum Gasteiger partial charge on any atom is 0.251 e. The van der Waals surface area contributed by atoms with E-state index >= 15 is 0 Å². The lowest BCUT2D eigenvalue weighted by atomic mass is 9.96. The number of hydrogen-bond donors (Lipinski definition) is 1. The summed E-state index contributed by atoms with van der Waals surface area (Å²) in [6.45, 7) is 4.01. The summed E-state index contributed by atoms with van der Waals surface area (Å²) in [6, 6.07) is 15.3. The van der Waals surface area contributed by atoms with Crippen LogP contribution in [0.1, 0.15) is 34.3 Å². The van der Waals surface area contributed by atoms with Gasteiger partial charge in [0.1, 0.15) is 5.75 Å². The highest BCUT2D eigenvalue weighted by Gasteiger charge is 2.22. The second-order valence-electron chi connectivity index (χ2n) is 7.41. The number of benzene rings is 2. The first kappa shape index (κ1) is 20.6. The topological polar surface area (TPSA) is 58.6 Å². The molecule has 1 N–H and O–H groups in total. The average Bonchev–Trinajstić information content (AvgIpc) is 2.77. The van der Waals surface area contributed by atoms with Gasteiger partial charge in [0.25, 0.3) is 5.91 Å². The fraction of sp³-hybridized carbons (Fsp3) is 0.333. The number of carbonyl (C=O) groups excluding carboxylic acids is 2. The van der Waals surface area contributed by atoms with E-state index in [0.29, 0.717) is 23.8 Å². The number of nitrogens with one attached hydrogen (secondary N) is 1. The van der Waals surface area contributed by atoms with E-state index in [1.807, 2.05) is 60.4 Å². The van der Waals surface area contributed by atoms with Gasteiger partial charge in [-0.3, -0.25) is 9.59 Å². The molecule has 152 valence electrons. The van der Waals surface area contributed by atoms with Gasteiger partial charge < -0.3 is 15.0 Å². The molecular formula is C24H28N2O3. The van der Waals surface area contributed by atoms with Crippen LogP contribution in [0.3, 0.4) is 0 Å². The summed E-state index contributed by atoms with van der Waals surface area (Å²) in [5.74, 6) is 1.05. The number of methoxy groups -OCH3 is 1. The average molecular weight is 392 g/mol. The summed E-state index contributed by atoms with van der Waals surface area (Å²) >= 11 is 0. The largest absolute Gasteiger partial charge is 0.496 e. The van der Waals surface area contributed by atoms with E-state index in [2.05, 4.69) is 5.32 Å². The second kappa shape index (κ2) is 9.92. The number of ether oxygens (including phenoxy) is 1. The molecule has 0 radical (unpaired) electrons. The van der Waals surface area contributed by atoms with Crippen LogP contribution < -0.4 is 10.1 Å². The van der Waals surface area contributed by atoms with Crippen molar-refractivity contribution in [3.05, 3.63) is 71.3 Å². The van der Waals surface area contributed by atoms with Gasteiger partial charge in [0.2, 0.25) is 5.91 Å². The van der Waals surface area contributed by atoms with Crippen molar-refractivity contribution in [1.29, 1.82) is 0 Å². The number of carbonyl (C=O) groups is 2. The molecule has 1 saturated heterocycles. The van der Waals surface area contributed by atoms with Crippen LogP contribution in [-0.4, -0.2) is 43.5 Å². The number of aryl methyl sites for hydroxylation is 1. The third-order valence-electron chi connectivity index (χ3n) is 5.37. The molecule has 1 heterocycles. The zero-order chi connectivity index (χ0) is 20.6. The lowest BCUT2D eigenvalue weighted by Crippen LogP contribution is -2.41. The maximum atomic E-state index is 12.4. The molecule has 5 nitrogen and oxygen atoms in total. The van der Waals surface area contributed by atoms with Gasteiger partial charge in [-0.1, -0.05) is 36.4 Å². The maximum absolute atomic E-state index is 12.4. The molecule has 5 heteroatoms. The Morgan fingerprint density at radius 2 is 1.86 bits per heavy atom. The highest BCUT2D eigenvalue weighted by molar-refractivity contribution is 5.94. The summed E-state index contributed by atoms with van der Waals surface area (Å²) in [7, 11) is 1.61. The molecule has 0 atom stereocenters. The molecule has 1 aliphatic heterocycles. The zero-order valence-corrected chi connectivity index (χ0v) is 17.1. The summed E-state index contributed by atoms with van der Waals surface area (Å²) in [6.07, 6.45) is 5.28. The van der Waals surface area contributed by atoms with Gasteiger partial charge in [0.05, 0.1) is 7.11 Å². The molecule has 0 spiro atoms. The zero-order valence-electron chi connectivity index (χ0n) is 17.1. The first-order valence-electron chi connectivity index (χ1n) is 10.0. The van der Waals surface area contributed by atoms with E-state index < -0.39 is 0 Å². The molecule has 3 rings (SSSR count). The fourth-order valence-corrected chi connectivity index (χ4v) is 3.49. The van der Waals surface area contributed by atoms with Crippen molar-refractivity contribution in [2.45, 2.75) is 19.8 Å². The Labute approximate surface area is 172 Å². The minimum absolute atomic E-state index is 0.0445. The monoisotopic (exact) mass is 392 g/mol. The summed E-state index contributed by atoms with van der Waals surface area (Å²) in [5, 5.41) is 3.02. The van der Waals surface area contributed by atoms with Crippen LogP contribution in [0.4, 0.5) is 0 Å². The van der Waals surface area contributed by atoms with Crippen LogP contribution in [0.2, 0.25) is 0 Å². The Morgan fingerprint density at radius 1 is 1.14 bits per heavy atom. The van der Waals surface area contributed by atoms with Gasteiger partial charge in [0, 0.05) is 31.3 Å². The molecule has 2 amide bonds. The predicted molar refractivity (Wildman–Crippen MR) is 115 cm³/mol. The van der Waals surface area contributed by atoms with Gasteiger partial charge in [0.15, 0.2) is 0 Å². The number of piperidine rings is 1. The van der Waals surface area contributed by atoms with Crippen molar-refractivity contribution < 1.29 is 14.3 Å². The number of amides is 2. The third kappa shape index (κ3) is 5.70. The van der Waals surface area contributed by atoms with Crippen molar-refractivity contribution in [1.82, 2.24) is 10.2 Å². The highest BCUT2D eigenvalue weighted by atomic mass is 16.5. The van der Waals surface area contributed by atoms with Gasteiger partial charge >= 0.3 is 0 Å². The molecule has 0 bridgehead atoms. The molecule has 29 heavy (non-hydrogen) atoms. The van der Waals surface area contributed by atoms with Crippen LogP contribution in [0, 0.1) is 12.8 Å². The standard InChI is InChI=1S/C24H28N2O3/c1-18-8-10-21(16-22(18)29-2)24(28)25-17-20-12-14-26(15-13-20)23(27)11-9-19-6-4-3-5-7-19/h3-11,16,20H,12-15,17H2,1-2H3,(H,25,28). The van der Waals surface area contributed by atoms with E-state index in [-0.39, 0.29) is 11.8 Å². The molecule has 0 saturated carbocycles. The Bertz CT molecular complexity index is 869. The first-order valence-corrected chi connectivity index (χ1v) is 10.0. The molecule has 1 fully saturated rings.